The van der Waals surface area contributed by atoms with Crippen LogP contribution in [0.15, 0.2) is 28.8 Å². The van der Waals surface area contributed by atoms with Crippen molar-refractivity contribution in [2.75, 3.05) is 13.1 Å². The molecule has 1 aromatic heterocycles. The van der Waals surface area contributed by atoms with E-state index < -0.39 is 0 Å². The van der Waals surface area contributed by atoms with E-state index in [-0.39, 0.29) is 5.41 Å². The van der Waals surface area contributed by atoms with Gasteiger partial charge in [-0.25, -0.2) is 4.98 Å². The van der Waals surface area contributed by atoms with Gasteiger partial charge in [0.15, 0.2) is 5.89 Å². The van der Waals surface area contributed by atoms with Gasteiger partial charge < -0.3 is 9.73 Å². The molecule has 0 amide bonds. The Morgan fingerprint density at radius 2 is 2.24 bits per heavy atom. The highest BCUT2D eigenvalue weighted by Crippen LogP contribution is 2.63. The summed E-state index contributed by atoms with van der Waals surface area (Å²) in [6.45, 7) is 3.96. The van der Waals surface area contributed by atoms with Crippen molar-refractivity contribution in [1.29, 1.82) is 0 Å². The van der Waals surface area contributed by atoms with Crippen molar-refractivity contribution >= 4 is 23.2 Å². The summed E-state index contributed by atoms with van der Waals surface area (Å²) in [5.74, 6) is 2.90. The molecule has 4 rings (SSSR count). The number of fused-ring (bicyclic) bond motifs is 1. The Morgan fingerprint density at radius 3 is 2.95 bits per heavy atom. The summed E-state index contributed by atoms with van der Waals surface area (Å²) in [6.07, 6.45) is 2.68. The van der Waals surface area contributed by atoms with Crippen molar-refractivity contribution in [2.45, 2.75) is 18.8 Å². The van der Waals surface area contributed by atoms with Gasteiger partial charge in [0.25, 0.3) is 0 Å². The van der Waals surface area contributed by atoms with Crippen LogP contribution in [-0.4, -0.2) is 18.1 Å². The Bertz CT molecular complexity index is 699. The van der Waals surface area contributed by atoms with Crippen molar-refractivity contribution in [1.82, 2.24) is 10.3 Å². The van der Waals surface area contributed by atoms with E-state index in [1.54, 1.807) is 6.20 Å². The number of rotatable bonds is 3. The molecular weight excluding hydrogens is 307 g/mol. The van der Waals surface area contributed by atoms with Crippen LogP contribution in [0.1, 0.15) is 17.2 Å². The summed E-state index contributed by atoms with van der Waals surface area (Å²) in [5, 5.41) is 4.73. The standard InChI is InChI=1S/C16H16Cl2N2O/c1-9-6-20-15(21-9)5-11-12-7-19-8-16(11,12)10-2-3-13(17)14(18)4-10/h2-4,6,11-12,19H,5,7-8H2,1H3/t11-,12-,16-/m0/s1. The van der Waals surface area contributed by atoms with E-state index in [0.29, 0.717) is 21.9 Å². The zero-order valence-electron chi connectivity index (χ0n) is 11.7. The Labute approximate surface area is 133 Å². The molecule has 110 valence electrons. The molecule has 2 aromatic rings. The van der Waals surface area contributed by atoms with Crippen molar-refractivity contribution < 1.29 is 4.42 Å². The van der Waals surface area contributed by atoms with Crippen molar-refractivity contribution in [3.8, 4) is 0 Å². The summed E-state index contributed by atoms with van der Waals surface area (Å²) in [6, 6.07) is 6.02. The summed E-state index contributed by atoms with van der Waals surface area (Å²) in [7, 11) is 0. The maximum Gasteiger partial charge on any atom is 0.194 e. The van der Waals surface area contributed by atoms with Gasteiger partial charge >= 0.3 is 0 Å². The molecule has 1 saturated heterocycles. The number of hydrogen-bond acceptors (Lipinski definition) is 3. The number of aryl methyl sites for hydroxylation is 1. The molecule has 2 fully saturated rings. The van der Waals surface area contributed by atoms with Crippen LogP contribution >= 0.6 is 23.2 Å². The van der Waals surface area contributed by atoms with Gasteiger partial charge in [-0.1, -0.05) is 29.3 Å². The van der Waals surface area contributed by atoms with E-state index in [2.05, 4.69) is 16.4 Å². The van der Waals surface area contributed by atoms with Gasteiger partial charge in [0, 0.05) is 18.4 Å². The van der Waals surface area contributed by atoms with Crippen LogP contribution in [0.3, 0.4) is 0 Å². The van der Waals surface area contributed by atoms with Crippen LogP contribution in [0.5, 0.6) is 0 Å². The van der Waals surface area contributed by atoms with E-state index in [1.165, 1.54) is 5.56 Å². The third kappa shape index (κ3) is 2.02. The van der Waals surface area contributed by atoms with Gasteiger partial charge in [-0.2, -0.15) is 0 Å². The maximum atomic E-state index is 6.20. The molecule has 3 atom stereocenters. The van der Waals surface area contributed by atoms with Crippen molar-refractivity contribution in [3.63, 3.8) is 0 Å². The lowest BCUT2D eigenvalue weighted by molar-refractivity contribution is 0.436. The molecule has 3 nitrogen and oxygen atoms in total. The van der Waals surface area contributed by atoms with Crippen LogP contribution in [0, 0.1) is 18.8 Å². The summed E-state index contributed by atoms with van der Waals surface area (Å²) < 4.78 is 5.64. The second kappa shape index (κ2) is 4.73. The predicted octanol–water partition coefficient (Wildman–Crippen LogP) is 3.62. The minimum Gasteiger partial charge on any atom is -0.446 e. The second-order valence-corrected chi connectivity index (χ2v) is 6.90. The molecule has 1 aliphatic heterocycles. The van der Waals surface area contributed by atoms with E-state index in [1.807, 2.05) is 19.1 Å². The zero-order valence-corrected chi connectivity index (χ0v) is 13.2. The first-order valence-electron chi connectivity index (χ1n) is 7.19. The summed E-state index contributed by atoms with van der Waals surface area (Å²) in [4.78, 5) is 4.35. The lowest BCUT2D eigenvalue weighted by Gasteiger charge is -2.16. The summed E-state index contributed by atoms with van der Waals surface area (Å²) in [5.41, 5.74) is 1.44. The number of hydrogen-bond donors (Lipinski definition) is 1. The third-order valence-corrected chi connectivity index (χ3v) is 5.74. The highest BCUT2D eigenvalue weighted by atomic mass is 35.5. The Morgan fingerprint density at radius 1 is 1.38 bits per heavy atom. The maximum absolute atomic E-state index is 6.20. The number of nitrogens with one attached hydrogen (secondary N) is 1. The average molecular weight is 323 g/mol. The molecule has 2 heterocycles. The Hall–Kier alpha value is -1.03. The van der Waals surface area contributed by atoms with E-state index >= 15 is 0 Å². The first kappa shape index (κ1) is 13.6. The van der Waals surface area contributed by atoms with Crippen molar-refractivity contribution in [3.05, 3.63) is 51.7 Å². The predicted molar refractivity (Wildman–Crippen MR) is 82.9 cm³/mol. The zero-order chi connectivity index (χ0) is 14.6. The number of halogens is 2. The molecule has 1 saturated carbocycles. The van der Waals surface area contributed by atoms with Crippen LogP contribution in [0.4, 0.5) is 0 Å². The normalized spacial score (nSPS) is 30.4. The molecule has 1 aliphatic carbocycles. The van der Waals surface area contributed by atoms with E-state index in [9.17, 15) is 0 Å². The van der Waals surface area contributed by atoms with E-state index in [4.69, 9.17) is 27.6 Å². The van der Waals surface area contributed by atoms with Gasteiger partial charge in [0.1, 0.15) is 5.76 Å². The fourth-order valence-corrected chi connectivity index (χ4v) is 4.25. The van der Waals surface area contributed by atoms with Crippen LogP contribution in [0.2, 0.25) is 10.0 Å². The highest BCUT2D eigenvalue weighted by molar-refractivity contribution is 6.42. The largest absolute Gasteiger partial charge is 0.446 e. The molecule has 0 radical (unpaired) electrons. The molecule has 1 N–H and O–H groups in total. The number of aromatic nitrogens is 1. The van der Waals surface area contributed by atoms with Gasteiger partial charge in [0.2, 0.25) is 0 Å². The lowest BCUT2D eigenvalue weighted by atomic mass is 9.92. The molecule has 5 heteroatoms. The number of oxazole rings is 1. The highest BCUT2D eigenvalue weighted by Gasteiger charge is 2.67. The Kier molecular flexibility index (Phi) is 3.07. The number of nitrogens with zero attached hydrogens (tertiary/aromatic N) is 1. The number of piperidine rings is 1. The van der Waals surface area contributed by atoms with Crippen LogP contribution in [0.25, 0.3) is 0 Å². The minimum absolute atomic E-state index is 0.163. The van der Waals surface area contributed by atoms with Crippen LogP contribution in [-0.2, 0) is 11.8 Å². The van der Waals surface area contributed by atoms with Gasteiger partial charge in [-0.05, 0) is 43.0 Å². The molecule has 2 aliphatic rings. The third-order valence-electron chi connectivity index (χ3n) is 5.00. The monoisotopic (exact) mass is 322 g/mol. The summed E-state index contributed by atoms with van der Waals surface area (Å²) >= 11 is 12.2. The van der Waals surface area contributed by atoms with E-state index in [0.717, 1.165) is 31.2 Å². The molecule has 0 bridgehead atoms. The Balaban J connectivity index is 1.64. The quantitative estimate of drug-likeness (QED) is 0.937. The number of benzene rings is 1. The average Bonchev–Trinajstić information content (AvgIpc) is 2.84. The fourth-order valence-electron chi connectivity index (χ4n) is 3.95. The molecule has 0 spiro atoms. The van der Waals surface area contributed by atoms with Gasteiger partial charge in [-0.3, -0.25) is 0 Å². The molecular formula is C16H16Cl2N2O. The lowest BCUT2D eigenvalue weighted by Crippen LogP contribution is -2.24. The van der Waals surface area contributed by atoms with Gasteiger partial charge in [-0.15, -0.1) is 0 Å². The van der Waals surface area contributed by atoms with Gasteiger partial charge in [0.05, 0.1) is 16.2 Å². The topological polar surface area (TPSA) is 38.1 Å². The van der Waals surface area contributed by atoms with Crippen molar-refractivity contribution in [2.24, 2.45) is 11.8 Å². The minimum atomic E-state index is 0.163. The first-order valence-corrected chi connectivity index (χ1v) is 7.94. The first-order chi connectivity index (χ1) is 10.1. The van der Waals surface area contributed by atoms with Crippen LogP contribution < -0.4 is 5.32 Å². The SMILES string of the molecule is Cc1cnc(C[C@H]2[C@@H]3CNC[C@@]32c2ccc(Cl)c(Cl)c2)o1. The second-order valence-electron chi connectivity index (χ2n) is 6.08. The molecule has 1 aromatic carbocycles. The fraction of sp³-hybridized carbons (Fsp3) is 0.438. The molecule has 21 heavy (non-hydrogen) atoms. The smallest absolute Gasteiger partial charge is 0.194 e. The molecule has 0 unspecified atom stereocenters.